The van der Waals surface area contributed by atoms with Gasteiger partial charge in [-0.3, -0.25) is 39.1 Å². The molecule has 5 aliphatic rings. The van der Waals surface area contributed by atoms with Crippen LogP contribution in [0.4, 0.5) is 24.7 Å². The summed E-state index contributed by atoms with van der Waals surface area (Å²) in [7, 11) is 0. The molecule has 8 rings (SSSR count). The van der Waals surface area contributed by atoms with Crippen molar-refractivity contribution < 1.29 is 41.9 Å². The Kier molecular flexibility index (Phi) is 10.2. The maximum absolute atomic E-state index is 13.3. The number of hydrogen-bond donors (Lipinski definition) is 2. The number of alkyl halides is 3. The quantitative estimate of drug-likeness (QED) is 0.227. The summed E-state index contributed by atoms with van der Waals surface area (Å²) in [5.74, 6) is -2.46. The largest absolute Gasteiger partial charge is 0.487 e. The fourth-order valence-corrected chi connectivity index (χ4v) is 8.72. The first-order valence-electron chi connectivity index (χ1n) is 19.2. The summed E-state index contributed by atoms with van der Waals surface area (Å²) in [4.78, 5) is 75.8. The highest BCUT2D eigenvalue weighted by molar-refractivity contribution is 6.23. The van der Waals surface area contributed by atoms with E-state index in [9.17, 15) is 37.1 Å². The van der Waals surface area contributed by atoms with Crippen molar-refractivity contribution in [1.82, 2.24) is 25.4 Å². The normalized spacial score (nSPS) is 22.9. The molecule has 1 atom stereocenters. The standard InChI is InChI=1S/C41H40F3N7O6/c1-45-36-33(41(42,43)44)18-30(19-46-36)57-29-8-4-27(5-9-29)47-37(53)24-2-6-28(7-3-24)50-14-12-23(13-15-50)20-49-21-25-16-31-32(17-26(25)22-49)40(56)51(39(31)55)34-10-11-35(52)48-38(34)54/h2-3,6-7,16-19,23,27,29,34H,4-5,8-15,20-22H2,(H,47,53)(H,48,52,54). The maximum atomic E-state index is 13.3. The number of halogens is 3. The Hall–Kier alpha value is -5.82. The van der Waals surface area contributed by atoms with Gasteiger partial charge in [-0.2, -0.15) is 13.2 Å². The molecule has 5 amide bonds. The van der Waals surface area contributed by atoms with Crippen LogP contribution in [0, 0.1) is 12.5 Å². The summed E-state index contributed by atoms with van der Waals surface area (Å²) in [6.07, 6.45) is 0.608. The molecule has 16 heteroatoms. The molecule has 1 saturated carbocycles. The lowest BCUT2D eigenvalue weighted by molar-refractivity contribution is -0.137. The van der Waals surface area contributed by atoms with Gasteiger partial charge < -0.3 is 19.8 Å². The topological polar surface area (TPSA) is 146 Å². The molecule has 57 heavy (non-hydrogen) atoms. The monoisotopic (exact) mass is 783 g/mol. The number of rotatable bonds is 8. The molecule has 0 radical (unpaired) electrons. The number of aromatic nitrogens is 1. The van der Waals surface area contributed by atoms with E-state index in [1.807, 2.05) is 24.3 Å². The van der Waals surface area contributed by atoms with Crippen molar-refractivity contribution in [3.63, 3.8) is 0 Å². The average molecular weight is 784 g/mol. The Morgan fingerprint density at radius 2 is 1.56 bits per heavy atom. The minimum Gasteiger partial charge on any atom is -0.487 e. The van der Waals surface area contributed by atoms with Crippen LogP contribution in [0.25, 0.3) is 4.85 Å². The lowest BCUT2D eigenvalue weighted by Crippen LogP contribution is -2.54. The molecule has 2 aromatic carbocycles. The summed E-state index contributed by atoms with van der Waals surface area (Å²) >= 11 is 0. The van der Waals surface area contributed by atoms with Crippen LogP contribution in [-0.4, -0.2) is 82.1 Å². The van der Waals surface area contributed by atoms with Crippen molar-refractivity contribution in [3.8, 4) is 5.75 Å². The number of hydrogen-bond acceptors (Lipinski definition) is 9. The minimum absolute atomic E-state index is 0.0323. The van der Waals surface area contributed by atoms with Crippen molar-refractivity contribution in [2.24, 2.45) is 5.92 Å². The SMILES string of the molecule is [C-]#[N+]c1ncc(OC2CCC(NC(=O)c3ccc(N4CCC(CN5Cc6cc7c(cc6C5)C(=O)N(C5CCC(=O)NC5=O)C7=O)CC4)cc3)CC2)cc1C(F)(F)F. The van der Waals surface area contributed by atoms with E-state index < -0.39 is 47.2 Å². The van der Waals surface area contributed by atoms with Crippen LogP contribution in [0.5, 0.6) is 5.75 Å². The zero-order valence-corrected chi connectivity index (χ0v) is 30.9. The highest BCUT2D eigenvalue weighted by atomic mass is 19.4. The Balaban J connectivity index is 0.777. The van der Waals surface area contributed by atoms with Crippen LogP contribution in [0.2, 0.25) is 0 Å². The average Bonchev–Trinajstić information content (AvgIpc) is 3.70. The molecule has 3 fully saturated rings. The van der Waals surface area contributed by atoms with Gasteiger partial charge >= 0.3 is 6.18 Å². The smallest absolute Gasteiger partial charge is 0.409 e. The zero-order valence-electron chi connectivity index (χ0n) is 30.9. The molecule has 0 spiro atoms. The number of nitrogens with one attached hydrogen (secondary N) is 2. The Bertz CT molecular complexity index is 2130. The third-order valence-corrected chi connectivity index (χ3v) is 11.7. The molecule has 0 bridgehead atoms. The first-order valence-corrected chi connectivity index (χ1v) is 19.2. The van der Waals surface area contributed by atoms with Gasteiger partial charge in [0.1, 0.15) is 6.04 Å². The second-order valence-corrected chi connectivity index (χ2v) is 15.5. The van der Waals surface area contributed by atoms with E-state index in [1.165, 1.54) is 0 Å². The van der Waals surface area contributed by atoms with E-state index in [1.54, 1.807) is 12.1 Å². The summed E-state index contributed by atoms with van der Waals surface area (Å²) in [6.45, 7) is 10.9. The van der Waals surface area contributed by atoms with Crippen LogP contribution in [0.3, 0.4) is 0 Å². The predicted molar refractivity (Wildman–Crippen MR) is 198 cm³/mol. The Labute approximate surface area is 326 Å². The number of amides is 5. The van der Waals surface area contributed by atoms with Crippen molar-refractivity contribution in [1.29, 1.82) is 0 Å². The third-order valence-electron chi connectivity index (χ3n) is 11.7. The van der Waals surface area contributed by atoms with Crippen molar-refractivity contribution in [3.05, 3.63) is 93.5 Å². The molecule has 3 aromatic rings. The summed E-state index contributed by atoms with van der Waals surface area (Å²) < 4.78 is 45.7. The van der Waals surface area contributed by atoms with Crippen molar-refractivity contribution in [2.75, 3.05) is 24.5 Å². The van der Waals surface area contributed by atoms with Crippen LogP contribution < -0.4 is 20.3 Å². The number of carbonyl (C=O) groups excluding carboxylic acids is 5. The number of anilines is 1. The van der Waals surface area contributed by atoms with Gasteiger partial charge in [-0.25, -0.2) is 0 Å². The van der Waals surface area contributed by atoms with E-state index in [0.29, 0.717) is 61.4 Å². The number of benzene rings is 2. The number of fused-ring (bicyclic) bond motifs is 2. The van der Waals surface area contributed by atoms with Crippen LogP contribution in [0.1, 0.15) is 99.1 Å². The van der Waals surface area contributed by atoms with E-state index in [0.717, 1.165) is 66.5 Å². The minimum atomic E-state index is -4.71. The lowest BCUT2D eigenvalue weighted by atomic mass is 9.92. The number of imide groups is 2. The van der Waals surface area contributed by atoms with E-state index >= 15 is 0 Å². The van der Waals surface area contributed by atoms with E-state index in [-0.39, 0.29) is 36.6 Å². The van der Waals surface area contributed by atoms with Gasteiger partial charge in [0.25, 0.3) is 23.5 Å². The molecule has 2 saturated heterocycles. The van der Waals surface area contributed by atoms with Gasteiger partial charge in [-0.05, 0) is 104 Å². The second-order valence-electron chi connectivity index (χ2n) is 15.5. The summed E-state index contributed by atoms with van der Waals surface area (Å²) in [6, 6.07) is 10.9. The number of ether oxygens (including phenoxy) is 1. The molecule has 4 aliphatic heterocycles. The molecular weight excluding hydrogens is 743 g/mol. The first-order chi connectivity index (χ1) is 27.3. The van der Waals surface area contributed by atoms with Gasteiger partial charge in [0.05, 0.1) is 22.8 Å². The maximum Gasteiger partial charge on any atom is 0.409 e. The van der Waals surface area contributed by atoms with Crippen molar-refractivity contribution >= 4 is 41.0 Å². The van der Waals surface area contributed by atoms with Crippen LogP contribution in [-0.2, 0) is 28.9 Å². The van der Waals surface area contributed by atoms with Gasteiger partial charge in [0.15, 0.2) is 11.9 Å². The first kappa shape index (κ1) is 38.1. The van der Waals surface area contributed by atoms with Crippen LogP contribution >= 0.6 is 0 Å². The number of nitrogens with zero attached hydrogens (tertiary/aromatic N) is 5. The molecule has 1 aromatic heterocycles. The van der Waals surface area contributed by atoms with Gasteiger partial charge in [-0.15, -0.1) is 4.98 Å². The van der Waals surface area contributed by atoms with Gasteiger partial charge in [0.2, 0.25) is 11.8 Å². The van der Waals surface area contributed by atoms with E-state index in [2.05, 4.69) is 30.3 Å². The molecule has 5 heterocycles. The number of piperidine rings is 2. The Morgan fingerprint density at radius 3 is 2.16 bits per heavy atom. The molecule has 2 N–H and O–H groups in total. The highest BCUT2D eigenvalue weighted by Gasteiger charge is 2.45. The zero-order chi connectivity index (χ0) is 40.0. The molecule has 296 valence electrons. The molecule has 13 nitrogen and oxygen atoms in total. The Morgan fingerprint density at radius 1 is 0.912 bits per heavy atom. The molecular formula is C41H40F3N7O6. The number of carbonyl (C=O) groups is 5. The predicted octanol–water partition coefficient (Wildman–Crippen LogP) is 5.40. The number of pyridine rings is 1. The fraction of sp³-hybridized carbons (Fsp3) is 0.439. The van der Waals surface area contributed by atoms with Crippen molar-refractivity contribution in [2.45, 2.75) is 88.8 Å². The third kappa shape index (κ3) is 7.80. The highest BCUT2D eigenvalue weighted by Crippen LogP contribution is 2.38. The fourth-order valence-electron chi connectivity index (χ4n) is 8.72. The summed E-state index contributed by atoms with van der Waals surface area (Å²) in [5.41, 5.74) is 3.10. The summed E-state index contributed by atoms with van der Waals surface area (Å²) in [5, 5.41) is 5.31. The molecule has 1 aliphatic carbocycles. The molecule has 1 unspecified atom stereocenters. The van der Waals surface area contributed by atoms with Gasteiger partial charge in [0, 0.05) is 56.4 Å². The van der Waals surface area contributed by atoms with Crippen LogP contribution in [0.15, 0.2) is 48.7 Å². The lowest BCUT2D eigenvalue weighted by Gasteiger charge is -2.35. The van der Waals surface area contributed by atoms with Gasteiger partial charge in [-0.1, -0.05) is 6.57 Å². The second kappa shape index (κ2) is 15.3. The van der Waals surface area contributed by atoms with E-state index in [4.69, 9.17) is 11.3 Å².